The number of ketones is 1. The summed E-state index contributed by atoms with van der Waals surface area (Å²) in [5.74, 6) is -0.257. The van der Waals surface area contributed by atoms with E-state index in [-0.39, 0.29) is 11.7 Å². The van der Waals surface area contributed by atoms with Crippen LogP contribution in [-0.2, 0) is 9.59 Å². The van der Waals surface area contributed by atoms with E-state index in [1.807, 2.05) is 97.1 Å². The van der Waals surface area contributed by atoms with Crippen molar-refractivity contribution in [3.63, 3.8) is 0 Å². The van der Waals surface area contributed by atoms with Gasteiger partial charge in [-0.15, -0.1) is 0 Å². The highest BCUT2D eigenvalue weighted by Crippen LogP contribution is 2.59. The molecule has 1 spiro atoms. The van der Waals surface area contributed by atoms with Crippen molar-refractivity contribution < 1.29 is 9.59 Å². The lowest BCUT2D eigenvalue weighted by Crippen LogP contribution is -2.51. The molecule has 1 saturated heterocycles. The van der Waals surface area contributed by atoms with Gasteiger partial charge in [0.15, 0.2) is 10.8 Å². The van der Waals surface area contributed by atoms with Crippen molar-refractivity contribution in [2.24, 2.45) is 5.10 Å². The van der Waals surface area contributed by atoms with E-state index < -0.39 is 4.33 Å². The Morgan fingerprint density at radius 2 is 1.41 bits per heavy atom. The zero-order chi connectivity index (χ0) is 22.1. The Balaban J connectivity index is 1.69. The van der Waals surface area contributed by atoms with E-state index in [1.54, 1.807) is 9.91 Å². The summed E-state index contributed by atoms with van der Waals surface area (Å²) in [6.07, 6.45) is 1.90. The number of carbonyl (C=O) groups excluding carboxylic acids is 2. The van der Waals surface area contributed by atoms with Gasteiger partial charge < -0.3 is 0 Å². The molecule has 0 unspecified atom stereocenters. The monoisotopic (exact) mass is 457 g/mol. The van der Waals surface area contributed by atoms with Crippen molar-refractivity contribution in [3.8, 4) is 0 Å². The van der Waals surface area contributed by atoms with Crippen molar-refractivity contribution in [3.05, 3.63) is 101 Å². The molecule has 3 aromatic rings. The van der Waals surface area contributed by atoms with Crippen LogP contribution >= 0.6 is 23.5 Å². The number of rotatable bonds is 4. The summed E-state index contributed by atoms with van der Waals surface area (Å²) < 4.78 is -0.985. The Morgan fingerprint density at radius 1 is 0.844 bits per heavy atom. The normalized spacial score (nSPS) is 21.5. The first-order valence-electron chi connectivity index (χ1n) is 10.1. The fourth-order valence-electron chi connectivity index (χ4n) is 3.60. The highest BCUT2D eigenvalue weighted by molar-refractivity contribution is 8.29. The molecule has 1 amide bonds. The van der Waals surface area contributed by atoms with E-state index in [9.17, 15) is 9.59 Å². The number of nitrogens with zero attached hydrogens (tertiary/aromatic N) is 3. The summed E-state index contributed by atoms with van der Waals surface area (Å²) in [4.78, 5) is 28.5. The summed E-state index contributed by atoms with van der Waals surface area (Å²) in [6.45, 7) is 1.50. The first-order valence-corrected chi connectivity index (χ1v) is 11.7. The minimum Gasteiger partial charge on any atom is -0.292 e. The molecule has 158 valence electrons. The lowest BCUT2D eigenvalue weighted by atomic mass is 10.2. The van der Waals surface area contributed by atoms with Gasteiger partial charge in [0.2, 0.25) is 4.33 Å². The number of carbonyl (C=O) groups is 2. The number of amides is 1. The molecule has 0 aromatic heterocycles. The Kier molecular flexibility index (Phi) is 5.36. The number of benzene rings is 3. The molecular formula is C25H19N3O2S2. The molecule has 1 fully saturated rings. The molecule has 5 rings (SSSR count). The zero-order valence-electron chi connectivity index (χ0n) is 17.2. The second-order valence-corrected chi connectivity index (χ2v) is 9.89. The predicted molar refractivity (Wildman–Crippen MR) is 133 cm³/mol. The molecule has 32 heavy (non-hydrogen) atoms. The number of thioether (sulfide) groups is 2. The van der Waals surface area contributed by atoms with Gasteiger partial charge in [0.1, 0.15) is 0 Å². The molecule has 0 radical (unpaired) electrons. The fraction of sp³-hybridized carbons (Fsp3) is 0.0800. The highest BCUT2D eigenvalue weighted by atomic mass is 32.2. The predicted octanol–water partition coefficient (Wildman–Crippen LogP) is 5.57. The van der Waals surface area contributed by atoms with Crippen molar-refractivity contribution in [2.75, 3.05) is 9.91 Å². The molecule has 2 aliphatic rings. The average Bonchev–Trinajstić information content (AvgIpc) is 3.33. The van der Waals surface area contributed by atoms with Crippen LogP contribution in [0.4, 0.5) is 11.4 Å². The van der Waals surface area contributed by atoms with E-state index in [4.69, 9.17) is 0 Å². The number of anilines is 2. The molecule has 1 atom stereocenters. The molecule has 3 aromatic carbocycles. The molecule has 7 heteroatoms. The third kappa shape index (κ3) is 3.53. The lowest BCUT2D eigenvalue weighted by Gasteiger charge is -2.38. The van der Waals surface area contributed by atoms with E-state index in [0.29, 0.717) is 9.95 Å². The minimum absolute atomic E-state index is 0.126. The number of hydrazone groups is 1. The third-order valence-corrected chi connectivity index (χ3v) is 7.86. The second kappa shape index (κ2) is 8.33. The fourth-order valence-corrected chi connectivity index (χ4v) is 6.48. The zero-order valence-corrected chi connectivity index (χ0v) is 18.8. The van der Waals surface area contributed by atoms with Crippen molar-refractivity contribution in [2.45, 2.75) is 11.3 Å². The minimum atomic E-state index is -0.985. The summed E-state index contributed by atoms with van der Waals surface area (Å²) >= 11 is 2.72. The largest absolute Gasteiger partial charge is 0.292 e. The molecule has 5 nitrogen and oxygen atoms in total. The van der Waals surface area contributed by atoms with Crippen LogP contribution < -0.4 is 9.91 Å². The van der Waals surface area contributed by atoms with Crippen LogP contribution in [0.25, 0.3) is 6.08 Å². The lowest BCUT2D eigenvalue weighted by molar-refractivity contribution is -0.114. The molecule has 2 heterocycles. The molecule has 0 N–H and O–H groups in total. The van der Waals surface area contributed by atoms with E-state index in [1.165, 1.54) is 30.4 Å². The molecular weight excluding hydrogens is 438 g/mol. The van der Waals surface area contributed by atoms with Crippen LogP contribution in [0.1, 0.15) is 12.5 Å². The first kappa shape index (κ1) is 20.6. The van der Waals surface area contributed by atoms with Gasteiger partial charge in [-0.3, -0.25) is 14.5 Å². The first-order chi connectivity index (χ1) is 15.6. The SMILES string of the molecule is CC(=O)C1=NN(c2ccccc2)[C@]2(S1)S/C(=C/c1ccccc1)C(=O)N2c1ccccc1. The van der Waals surface area contributed by atoms with E-state index in [0.717, 1.165) is 16.9 Å². The third-order valence-electron chi connectivity index (χ3n) is 5.04. The van der Waals surface area contributed by atoms with Gasteiger partial charge in [-0.05, 0) is 47.7 Å². The van der Waals surface area contributed by atoms with Gasteiger partial charge >= 0.3 is 0 Å². The Hall–Kier alpha value is -3.29. The van der Waals surface area contributed by atoms with Crippen LogP contribution in [0, 0.1) is 0 Å². The number of hydrogen-bond donors (Lipinski definition) is 0. The van der Waals surface area contributed by atoms with Gasteiger partial charge in [0.05, 0.1) is 10.6 Å². The smallest absolute Gasteiger partial charge is 0.268 e. The van der Waals surface area contributed by atoms with Crippen LogP contribution in [0.3, 0.4) is 0 Å². The van der Waals surface area contributed by atoms with Gasteiger partial charge in [-0.1, -0.05) is 78.5 Å². The van der Waals surface area contributed by atoms with E-state index in [2.05, 4.69) is 5.10 Å². The van der Waals surface area contributed by atoms with Crippen molar-refractivity contribution in [1.82, 2.24) is 0 Å². The number of hydrogen-bond acceptors (Lipinski definition) is 6. The molecule has 0 saturated carbocycles. The van der Waals surface area contributed by atoms with Gasteiger partial charge in [-0.2, -0.15) is 5.10 Å². The van der Waals surface area contributed by atoms with Crippen molar-refractivity contribution in [1.29, 1.82) is 0 Å². The van der Waals surface area contributed by atoms with Crippen LogP contribution in [0.15, 0.2) is 101 Å². The average molecular weight is 458 g/mol. The number of Topliss-reactive ketones (excluding diaryl/α,β-unsaturated/α-hetero) is 1. The maximum atomic E-state index is 13.8. The van der Waals surface area contributed by atoms with Crippen LogP contribution in [0.2, 0.25) is 0 Å². The van der Waals surface area contributed by atoms with Gasteiger partial charge in [-0.25, -0.2) is 5.01 Å². The topological polar surface area (TPSA) is 53.0 Å². The van der Waals surface area contributed by atoms with Crippen LogP contribution in [-0.4, -0.2) is 21.1 Å². The quantitative estimate of drug-likeness (QED) is 0.479. The maximum absolute atomic E-state index is 13.8. The summed E-state index contributed by atoms with van der Waals surface area (Å²) in [6, 6.07) is 28.9. The van der Waals surface area contributed by atoms with Crippen molar-refractivity contribution >= 4 is 57.7 Å². The standard InChI is InChI=1S/C25H19N3O2S2/c1-18(29)23-26-28(21-15-9-4-10-16-21)25(32-23)27(20-13-7-3-8-14-20)24(30)22(31-25)17-19-11-5-2-6-12-19/h2-17H,1H3/b22-17+/t25-/m0/s1. The molecule has 0 aliphatic carbocycles. The highest BCUT2D eigenvalue weighted by Gasteiger charge is 2.59. The maximum Gasteiger partial charge on any atom is 0.268 e. The summed E-state index contributed by atoms with van der Waals surface area (Å²) in [5.41, 5.74) is 2.49. The molecule has 0 bridgehead atoms. The van der Waals surface area contributed by atoms with Gasteiger partial charge in [0.25, 0.3) is 5.91 Å². The summed E-state index contributed by atoms with van der Waals surface area (Å²) in [7, 11) is 0. The van der Waals surface area contributed by atoms with Crippen LogP contribution in [0.5, 0.6) is 0 Å². The number of para-hydroxylation sites is 2. The second-order valence-electron chi connectivity index (χ2n) is 7.26. The molecule has 2 aliphatic heterocycles. The Labute approximate surface area is 194 Å². The van der Waals surface area contributed by atoms with Gasteiger partial charge in [0, 0.05) is 12.6 Å². The van der Waals surface area contributed by atoms with E-state index >= 15 is 0 Å². The Bertz CT molecular complexity index is 1230. The summed E-state index contributed by atoms with van der Waals surface area (Å²) in [5, 5.41) is 6.83. The Morgan fingerprint density at radius 3 is 2.00 bits per heavy atom.